The van der Waals surface area contributed by atoms with Crippen molar-refractivity contribution in [3.05, 3.63) is 53.5 Å². The molecule has 0 saturated heterocycles. The third-order valence-electron chi connectivity index (χ3n) is 4.30. The number of aromatic nitrogens is 3. The highest BCUT2D eigenvalue weighted by molar-refractivity contribution is 5.85. The maximum Gasteiger partial charge on any atom is 0.244 e. The van der Waals surface area contributed by atoms with Gasteiger partial charge in [0.2, 0.25) is 5.91 Å². The Hall–Kier alpha value is -2.56. The maximum atomic E-state index is 12.5. The molecule has 0 bridgehead atoms. The zero-order chi connectivity index (χ0) is 15.1. The number of carbonyl (C=O) groups is 1. The molecule has 0 saturated carbocycles. The highest BCUT2D eigenvalue weighted by atomic mass is 16.2. The van der Waals surface area contributed by atoms with Gasteiger partial charge in [-0.3, -0.25) is 9.48 Å². The highest BCUT2D eigenvalue weighted by Gasteiger charge is 2.23. The van der Waals surface area contributed by atoms with Gasteiger partial charge in [0.05, 0.1) is 12.7 Å². The van der Waals surface area contributed by atoms with E-state index in [4.69, 9.17) is 0 Å². The fraction of sp³-hybridized carbons (Fsp3) is 0.294. The summed E-state index contributed by atoms with van der Waals surface area (Å²) in [6.45, 7) is 3.71. The van der Waals surface area contributed by atoms with E-state index in [1.807, 2.05) is 24.1 Å². The molecule has 0 fully saturated rings. The number of aryl methyl sites for hydroxylation is 1. The first-order valence-electron chi connectivity index (χ1n) is 7.56. The Labute approximate surface area is 128 Å². The third-order valence-corrected chi connectivity index (χ3v) is 4.30. The van der Waals surface area contributed by atoms with Crippen LogP contribution in [0.5, 0.6) is 0 Å². The molecule has 0 atom stereocenters. The zero-order valence-electron chi connectivity index (χ0n) is 12.5. The van der Waals surface area contributed by atoms with Crippen molar-refractivity contribution in [2.45, 2.75) is 26.4 Å². The highest BCUT2D eigenvalue weighted by Crippen LogP contribution is 2.27. The molecule has 22 heavy (non-hydrogen) atoms. The van der Waals surface area contributed by atoms with Gasteiger partial charge in [-0.05, 0) is 30.5 Å². The molecular weight excluding hydrogens is 276 g/mol. The number of nitrogens with zero attached hydrogens (tertiary/aromatic N) is 3. The number of amides is 1. The summed E-state index contributed by atoms with van der Waals surface area (Å²) >= 11 is 0. The van der Waals surface area contributed by atoms with E-state index in [0.717, 1.165) is 29.7 Å². The second-order valence-corrected chi connectivity index (χ2v) is 5.91. The van der Waals surface area contributed by atoms with Gasteiger partial charge < -0.3 is 9.88 Å². The summed E-state index contributed by atoms with van der Waals surface area (Å²) in [7, 11) is 0. The summed E-state index contributed by atoms with van der Waals surface area (Å²) in [5.41, 5.74) is 4.75. The molecule has 2 aromatic heterocycles. The molecular formula is C17H18N4O. The fourth-order valence-electron chi connectivity index (χ4n) is 3.20. The maximum absolute atomic E-state index is 12.5. The average Bonchev–Trinajstić information content (AvgIpc) is 3.09. The van der Waals surface area contributed by atoms with E-state index in [0.29, 0.717) is 13.1 Å². The van der Waals surface area contributed by atoms with E-state index in [1.54, 1.807) is 10.9 Å². The number of para-hydroxylation sites is 1. The van der Waals surface area contributed by atoms with Gasteiger partial charge in [0, 0.05) is 29.3 Å². The summed E-state index contributed by atoms with van der Waals surface area (Å²) in [6, 6.07) is 8.34. The van der Waals surface area contributed by atoms with Crippen LogP contribution in [0, 0.1) is 6.92 Å². The number of nitrogens with one attached hydrogen (secondary N) is 1. The van der Waals surface area contributed by atoms with Gasteiger partial charge in [-0.1, -0.05) is 18.2 Å². The van der Waals surface area contributed by atoms with Gasteiger partial charge in [0.25, 0.3) is 0 Å². The van der Waals surface area contributed by atoms with Crippen LogP contribution < -0.4 is 0 Å². The smallest absolute Gasteiger partial charge is 0.244 e. The van der Waals surface area contributed by atoms with Crippen molar-refractivity contribution in [2.75, 3.05) is 6.54 Å². The van der Waals surface area contributed by atoms with Crippen LogP contribution in [0.3, 0.4) is 0 Å². The zero-order valence-corrected chi connectivity index (χ0v) is 12.5. The van der Waals surface area contributed by atoms with Crippen molar-refractivity contribution >= 4 is 16.8 Å². The van der Waals surface area contributed by atoms with E-state index in [1.165, 1.54) is 10.9 Å². The summed E-state index contributed by atoms with van der Waals surface area (Å²) in [5, 5.41) is 5.48. The number of hydrogen-bond acceptors (Lipinski definition) is 2. The molecule has 1 aliphatic heterocycles. The monoisotopic (exact) mass is 294 g/mol. The van der Waals surface area contributed by atoms with Crippen LogP contribution in [-0.4, -0.2) is 32.1 Å². The predicted octanol–water partition coefficient (Wildman–Crippen LogP) is 2.26. The van der Waals surface area contributed by atoms with Crippen molar-refractivity contribution in [1.29, 1.82) is 0 Å². The quantitative estimate of drug-likeness (QED) is 0.788. The number of hydrogen-bond donors (Lipinski definition) is 1. The second-order valence-electron chi connectivity index (χ2n) is 5.91. The molecule has 0 unspecified atom stereocenters. The fourth-order valence-corrected chi connectivity index (χ4v) is 3.20. The van der Waals surface area contributed by atoms with E-state index < -0.39 is 0 Å². The lowest BCUT2D eigenvalue weighted by atomic mass is 10.0. The van der Waals surface area contributed by atoms with Crippen LogP contribution in [0.4, 0.5) is 0 Å². The van der Waals surface area contributed by atoms with Gasteiger partial charge in [-0.25, -0.2) is 0 Å². The molecule has 0 spiro atoms. The van der Waals surface area contributed by atoms with Gasteiger partial charge in [0.15, 0.2) is 0 Å². The first kappa shape index (κ1) is 13.1. The Bertz CT molecular complexity index is 845. The first-order chi connectivity index (χ1) is 10.7. The lowest BCUT2D eigenvalue weighted by Gasteiger charge is -2.27. The normalized spacial score (nSPS) is 14.3. The average molecular weight is 294 g/mol. The van der Waals surface area contributed by atoms with Crippen LogP contribution in [-0.2, 0) is 24.3 Å². The topological polar surface area (TPSA) is 53.9 Å². The summed E-state index contributed by atoms with van der Waals surface area (Å²) in [4.78, 5) is 17.8. The number of H-pyrrole nitrogens is 1. The summed E-state index contributed by atoms with van der Waals surface area (Å²) in [6.07, 6.45) is 4.58. The second kappa shape index (κ2) is 5.02. The molecule has 3 heterocycles. The van der Waals surface area contributed by atoms with E-state index in [-0.39, 0.29) is 5.91 Å². The number of aromatic amines is 1. The minimum atomic E-state index is 0.118. The largest absolute Gasteiger partial charge is 0.357 e. The van der Waals surface area contributed by atoms with Gasteiger partial charge >= 0.3 is 0 Å². The molecule has 3 aromatic rings. The lowest BCUT2D eigenvalue weighted by molar-refractivity contribution is -0.133. The molecule has 4 rings (SSSR count). The number of carbonyl (C=O) groups excluding carboxylic acids is 1. The molecule has 1 N–H and O–H groups in total. The van der Waals surface area contributed by atoms with Gasteiger partial charge in [-0.2, -0.15) is 5.10 Å². The molecule has 1 aliphatic rings. The minimum Gasteiger partial charge on any atom is -0.357 e. The molecule has 1 amide bonds. The number of fused-ring (bicyclic) bond motifs is 3. The molecule has 5 nitrogen and oxygen atoms in total. The Morgan fingerprint density at radius 2 is 2.23 bits per heavy atom. The van der Waals surface area contributed by atoms with E-state index in [2.05, 4.69) is 28.3 Å². The van der Waals surface area contributed by atoms with Gasteiger partial charge in [0.1, 0.15) is 6.54 Å². The standard InChI is InChI=1S/C17H18N4O/c1-12-8-18-21(9-12)11-17(22)20-7-6-14-13-4-2-3-5-15(13)19-16(14)10-20/h2-5,8-9,19H,6-7,10-11H2,1H3. The minimum absolute atomic E-state index is 0.118. The Morgan fingerprint density at radius 1 is 1.36 bits per heavy atom. The van der Waals surface area contributed by atoms with E-state index in [9.17, 15) is 4.79 Å². The molecule has 0 radical (unpaired) electrons. The molecule has 5 heteroatoms. The van der Waals surface area contributed by atoms with Crippen LogP contribution in [0.1, 0.15) is 16.8 Å². The Kier molecular flexibility index (Phi) is 2.99. The predicted molar refractivity (Wildman–Crippen MR) is 84.4 cm³/mol. The SMILES string of the molecule is Cc1cnn(CC(=O)N2CCc3c([nH]c4ccccc34)C2)c1. The van der Waals surface area contributed by atoms with Crippen LogP contribution in [0.25, 0.3) is 10.9 Å². The number of rotatable bonds is 2. The Balaban J connectivity index is 1.55. The lowest BCUT2D eigenvalue weighted by Crippen LogP contribution is -2.38. The van der Waals surface area contributed by atoms with Crippen molar-refractivity contribution in [2.24, 2.45) is 0 Å². The van der Waals surface area contributed by atoms with Crippen molar-refractivity contribution < 1.29 is 4.79 Å². The summed E-state index contributed by atoms with van der Waals surface area (Å²) < 4.78 is 1.71. The number of benzene rings is 1. The molecule has 112 valence electrons. The van der Waals surface area contributed by atoms with Crippen molar-refractivity contribution in [1.82, 2.24) is 19.7 Å². The van der Waals surface area contributed by atoms with Crippen molar-refractivity contribution in [3.8, 4) is 0 Å². The Morgan fingerprint density at radius 3 is 3.05 bits per heavy atom. The van der Waals surface area contributed by atoms with Crippen LogP contribution in [0.15, 0.2) is 36.7 Å². The first-order valence-corrected chi connectivity index (χ1v) is 7.56. The molecule has 0 aliphatic carbocycles. The van der Waals surface area contributed by atoms with Gasteiger partial charge in [-0.15, -0.1) is 0 Å². The van der Waals surface area contributed by atoms with E-state index >= 15 is 0 Å². The van der Waals surface area contributed by atoms with Crippen LogP contribution in [0.2, 0.25) is 0 Å². The van der Waals surface area contributed by atoms with Crippen LogP contribution >= 0.6 is 0 Å². The third kappa shape index (κ3) is 2.19. The summed E-state index contributed by atoms with van der Waals surface area (Å²) in [5.74, 6) is 0.118. The van der Waals surface area contributed by atoms with Crippen molar-refractivity contribution in [3.63, 3.8) is 0 Å². The molecule has 1 aromatic carbocycles.